The van der Waals surface area contributed by atoms with E-state index in [0.717, 1.165) is 36.0 Å². The Hall–Kier alpha value is -2.18. The second-order valence-electron chi connectivity index (χ2n) is 8.00. The van der Waals surface area contributed by atoms with E-state index in [1.54, 1.807) is 23.4 Å². The number of rotatable bonds is 5. The number of nitrogens with one attached hydrogen (secondary N) is 1. The number of benzene rings is 2. The molecule has 2 aromatic carbocycles. The molecule has 2 aromatic rings. The highest BCUT2D eigenvalue weighted by Gasteiger charge is 2.28. The molecule has 1 aliphatic heterocycles. The second kappa shape index (κ2) is 8.67. The van der Waals surface area contributed by atoms with Crippen molar-refractivity contribution in [1.29, 1.82) is 0 Å². The van der Waals surface area contributed by atoms with Crippen LogP contribution in [0.4, 0.5) is 0 Å². The lowest BCUT2D eigenvalue weighted by atomic mass is 9.99. The number of nitrogens with zero attached hydrogens (tertiary/aromatic N) is 1. The molecular weight excluding hydrogens is 384 g/mol. The van der Waals surface area contributed by atoms with E-state index in [4.69, 9.17) is 0 Å². The first-order valence-electron chi connectivity index (χ1n) is 10.2. The minimum atomic E-state index is -3.59. The molecule has 0 spiro atoms. The first kappa shape index (κ1) is 21.5. The van der Waals surface area contributed by atoms with Crippen LogP contribution < -0.4 is 5.32 Å². The Bertz CT molecular complexity index is 1010. The van der Waals surface area contributed by atoms with Gasteiger partial charge < -0.3 is 5.32 Å². The Morgan fingerprint density at radius 1 is 0.966 bits per heavy atom. The molecule has 0 aliphatic carbocycles. The summed E-state index contributed by atoms with van der Waals surface area (Å²) in [6.07, 6.45) is 2.82. The van der Waals surface area contributed by atoms with Crippen molar-refractivity contribution < 1.29 is 13.2 Å². The standard InChI is InChI=1S/C23H30N2O3S/c1-16-8-9-17(2)21(14-16)19(4)24-23(26)20-11-10-18(3)22(15-20)29(27,28)25-12-6-5-7-13-25/h8-11,14-15,19H,5-7,12-13H2,1-4H3,(H,24,26)/t19-/m1/s1. The topological polar surface area (TPSA) is 66.5 Å². The van der Waals surface area contributed by atoms with Gasteiger partial charge in [0.05, 0.1) is 10.9 Å². The highest BCUT2D eigenvalue weighted by molar-refractivity contribution is 7.89. The van der Waals surface area contributed by atoms with Crippen LogP contribution in [0, 0.1) is 20.8 Å². The maximum atomic E-state index is 13.1. The lowest BCUT2D eigenvalue weighted by molar-refractivity contribution is 0.0939. The summed E-state index contributed by atoms with van der Waals surface area (Å²) >= 11 is 0. The van der Waals surface area contributed by atoms with Crippen molar-refractivity contribution in [3.63, 3.8) is 0 Å². The Morgan fingerprint density at radius 2 is 1.62 bits per heavy atom. The SMILES string of the molecule is Cc1ccc(C)c([C@@H](C)NC(=O)c2ccc(C)c(S(=O)(=O)N3CCCCC3)c2)c1. The van der Waals surface area contributed by atoms with Gasteiger partial charge in [0, 0.05) is 18.7 Å². The van der Waals surface area contributed by atoms with Crippen molar-refractivity contribution in [2.24, 2.45) is 0 Å². The molecule has 1 heterocycles. The van der Waals surface area contributed by atoms with Gasteiger partial charge in [0.25, 0.3) is 5.91 Å². The van der Waals surface area contributed by atoms with Crippen LogP contribution >= 0.6 is 0 Å². The van der Waals surface area contributed by atoms with Crippen LogP contribution in [0.5, 0.6) is 0 Å². The first-order chi connectivity index (χ1) is 13.7. The Morgan fingerprint density at radius 3 is 2.31 bits per heavy atom. The fourth-order valence-electron chi connectivity index (χ4n) is 3.85. The van der Waals surface area contributed by atoms with Gasteiger partial charge in [0.2, 0.25) is 10.0 Å². The van der Waals surface area contributed by atoms with Crippen molar-refractivity contribution in [3.05, 3.63) is 64.2 Å². The quantitative estimate of drug-likeness (QED) is 0.794. The van der Waals surface area contributed by atoms with E-state index in [1.165, 1.54) is 6.07 Å². The summed E-state index contributed by atoms with van der Waals surface area (Å²) in [5.41, 5.74) is 4.34. The summed E-state index contributed by atoms with van der Waals surface area (Å²) in [5, 5.41) is 3.01. The number of carbonyl (C=O) groups excluding carboxylic acids is 1. The van der Waals surface area contributed by atoms with Crippen molar-refractivity contribution in [3.8, 4) is 0 Å². The smallest absolute Gasteiger partial charge is 0.251 e. The zero-order chi connectivity index (χ0) is 21.2. The van der Waals surface area contributed by atoms with E-state index in [1.807, 2.05) is 32.9 Å². The predicted molar refractivity (Wildman–Crippen MR) is 116 cm³/mol. The highest BCUT2D eigenvalue weighted by atomic mass is 32.2. The summed E-state index contributed by atoms with van der Waals surface area (Å²) < 4.78 is 27.7. The molecule has 1 saturated heterocycles. The van der Waals surface area contributed by atoms with Gasteiger partial charge >= 0.3 is 0 Å². The zero-order valence-electron chi connectivity index (χ0n) is 17.7. The van der Waals surface area contributed by atoms with Crippen LogP contribution in [0.15, 0.2) is 41.3 Å². The third kappa shape index (κ3) is 4.70. The molecule has 1 aliphatic rings. The maximum Gasteiger partial charge on any atom is 0.251 e. The number of hydrogen-bond donors (Lipinski definition) is 1. The second-order valence-corrected chi connectivity index (χ2v) is 9.91. The monoisotopic (exact) mass is 414 g/mol. The molecule has 29 heavy (non-hydrogen) atoms. The summed E-state index contributed by atoms with van der Waals surface area (Å²) in [5.74, 6) is -0.270. The van der Waals surface area contributed by atoms with E-state index in [2.05, 4.69) is 11.4 Å². The first-order valence-corrected chi connectivity index (χ1v) is 11.6. The number of carbonyl (C=O) groups is 1. The van der Waals surface area contributed by atoms with E-state index in [-0.39, 0.29) is 16.8 Å². The fraction of sp³-hybridized carbons (Fsp3) is 0.435. The van der Waals surface area contributed by atoms with Gasteiger partial charge in [-0.25, -0.2) is 8.42 Å². The number of hydrogen-bond acceptors (Lipinski definition) is 3. The number of aryl methyl sites for hydroxylation is 3. The molecule has 1 atom stereocenters. The molecule has 0 radical (unpaired) electrons. The number of piperidine rings is 1. The number of amides is 1. The third-order valence-electron chi connectivity index (χ3n) is 5.63. The van der Waals surface area contributed by atoms with Gasteiger partial charge in [0.1, 0.15) is 0 Å². The lowest BCUT2D eigenvalue weighted by Gasteiger charge is -2.26. The van der Waals surface area contributed by atoms with Gasteiger partial charge in [-0.05, 0) is 69.4 Å². The molecule has 1 fully saturated rings. The van der Waals surface area contributed by atoms with Crippen LogP contribution in [0.1, 0.15) is 64.8 Å². The van der Waals surface area contributed by atoms with Crippen LogP contribution in [0.3, 0.4) is 0 Å². The van der Waals surface area contributed by atoms with Gasteiger partial charge in [-0.3, -0.25) is 4.79 Å². The Balaban J connectivity index is 1.85. The van der Waals surface area contributed by atoms with Crippen LogP contribution in [0.25, 0.3) is 0 Å². The molecule has 0 bridgehead atoms. The minimum absolute atomic E-state index is 0.175. The Labute approximate surface area is 174 Å². The minimum Gasteiger partial charge on any atom is -0.346 e. The molecule has 156 valence electrons. The van der Waals surface area contributed by atoms with Crippen molar-refractivity contribution >= 4 is 15.9 Å². The lowest BCUT2D eigenvalue weighted by Crippen LogP contribution is -2.36. The van der Waals surface area contributed by atoms with E-state index >= 15 is 0 Å². The Kier molecular flexibility index (Phi) is 6.44. The molecule has 3 rings (SSSR count). The maximum absolute atomic E-state index is 13.1. The average molecular weight is 415 g/mol. The third-order valence-corrected chi connectivity index (χ3v) is 7.67. The summed E-state index contributed by atoms with van der Waals surface area (Å²) in [6.45, 7) is 8.85. The van der Waals surface area contributed by atoms with Gasteiger partial charge in [-0.15, -0.1) is 0 Å². The highest BCUT2D eigenvalue weighted by Crippen LogP contribution is 2.25. The summed E-state index contributed by atoms with van der Waals surface area (Å²) in [7, 11) is -3.59. The van der Waals surface area contributed by atoms with Crippen molar-refractivity contribution in [2.45, 2.75) is 57.9 Å². The van der Waals surface area contributed by atoms with Gasteiger partial charge in [0.15, 0.2) is 0 Å². The molecule has 0 unspecified atom stereocenters. The molecule has 1 amide bonds. The van der Waals surface area contributed by atoms with Gasteiger partial charge in [-0.1, -0.05) is 36.2 Å². The van der Waals surface area contributed by atoms with E-state index in [0.29, 0.717) is 24.2 Å². The molecular formula is C23H30N2O3S. The molecule has 0 saturated carbocycles. The fourth-order valence-corrected chi connectivity index (χ4v) is 5.62. The normalized spacial score (nSPS) is 16.4. The van der Waals surface area contributed by atoms with Gasteiger partial charge in [-0.2, -0.15) is 4.31 Å². The molecule has 1 N–H and O–H groups in total. The van der Waals surface area contributed by atoms with Crippen molar-refractivity contribution in [1.82, 2.24) is 9.62 Å². The molecule has 5 nitrogen and oxygen atoms in total. The molecule has 6 heteroatoms. The largest absolute Gasteiger partial charge is 0.346 e. The zero-order valence-corrected chi connectivity index (χ0v) is 18.5. The average Bonchev–Trinajstić information content (AvgIpc) is 2.70. The van der Waals surface area contributed by atoms with Crippen molar-refractivity contribution in [2.75, 3.05) is 13.1 Å². The van der Waals surface area contributed by atoms with E-state index in [9.17, 15) is 13.2 Å². The summed E-state index contributed by atoms with van der Waals surface area (Å²) in [6, 6.07) is 10.9. The van der Waals surface area contributed by atoms with E-state index < -0.39 is 10.0 Å². The van der Waals surface area contributed by atoms with Crippen LogP contribution in [-0.4, -0.2) is 31.7 Å². The molecule has 0 aromatic heterocycles. The van der Waals surface area contributed by atoms with Crippen LogP contribution in [-0.2, 0) is 10.0 Å². The van der Waals surface area contributed by atoms with Crippen LogP contribution in [0.2, 0.25) is 0 Å². The predicted octanol–water partition coefficient (Wildman–Crippen LogP) is 4.28. The summed E-state index contributed by atoms with van der Waals surface area (Å²) in [4.78, 5) is 13.1. The number of sulfonamides is 1.